The van der Waals surface area contributed by atoms with Gasteiger partial charge in [0.15, 0.2) is 0 Å². The summed E-state index contributed by atoms with van der Waals surface area (Å²) >= 11 is 0. The molecule has 0 aromatic heterocycles. The molecule has 0 amide bonds. The molecular formula is C14H24O2. The maximum absolute atomic E-state index is 5.86. The van der Waals surface area contributed by atoms with Crippen molar-refractivity contribution >= 4 is 0 Å². The standard InChI is InChI=1S/C14H24O2/c1-2-15-9-10-16-14-8-7-12-5-3-4-6-13(12)11-14/h2,12-14H,1,3-11H2. The number of ether oxygens (including phenoxy) is 2. The van der Waals surface area contributed by atoms with Crippen LogP contribution in [0.25, 0.3) is 0 Å². The minimum absolute atomic E-state index is 0.493. The fourth-order valence-electron chi connectivity index (χ4n) is 3.33. The van der Waals surface area contributed by atoms with Gasteiger partial charge in [-0.05, 0) is 31.1 Å². The highest BCUT2D eigenvalue weighted by Crippen LogP contribution is 2.41. The highest BCUT2D eigenvalue weighted by molar-refractivity contribution is 4.83. The zero-order valence-electron chi connectivity index (χ0n) is 10.2. The predicted molar refractivity (Wildman–Crippen MR) is 65.2 cm³/mol. The van der Waals surface area contributed by atoms with Crippen LogP contribution in [0.4, 0.5) is 0 Å². The lowest BCUT2D eigenvalue weighted by Crippen LogP contribution is -2.32. The molecule has 2 aliphatic rings. The third-order valence-electron chi connectivity index (χ3n) is 4.16. The van der Waals surface area contributed by atoms with E-state index in [2.05, 4.69) is 6.58 Å². The molecule has 2 saturated carbocycles. The average molecular weight is 224 g/mol. The zero-order chi connectivity index (χ0) is 11.2. The molecule has 0 spiro atoms. The van der Waals surface area contributed by atoms with Gasteiger partial charge < -0.3 is 9.47 Å². The van der Waals surface area contributed by atoms with Crippen LogP contribution in [0.15, 0.2) is 12.8 Å². The van der Waals surface area contributed by atoms with Crippen molar-refractivity contribution in [3.05, 3.63) is 12.8 Å². The molecule has 0 bridgehead atoms. The molecule has 0 aromatic rings. The predicted octanol–water partition coefficient (Wildman–Crippen LogP) is 3.52. The molecule has 2 nitrogen and oxygen atoms in total. The van der Waals surface area contributed by atoms with Crippen molar-refractivity contribution in [3.8, 4) is 0 Å². The van der Waals surface area contributed by atoms with Gasteiger partial charge in [0, 0.05) is 0 Å². The molecule has 2 aliphatic carbocycles. The second-order valence-corrected chi connectivity index (χ2v) is 5.15. The number of hydrogen-bond acceptors (Lipinski definition) is 2. The average Bonchev–Trinajstić information content (AvgIpc) is 2.34. The fourth-order valence-corrected chi connectivity index (χ4v) is 3.33. The number of rotatable bonds is 5. The quantitative estimate of drug-likeness (QED) is 0.525. The van der Waals surface area contributed by atoms with Crippen LogP contribution in [-0.2, 0) is 9.47 Å². The Morgan fingerprint density at radius 2 is 1.81 bits per heavy atom. The molecular weight excluding hydrogens is 200 g/mol. The van der Waals surface area contributed by atoms with E-state index >= 15 is 0 Å². The van der Waals surface area contributed by atoms with Crippen molar-refractivity contribution in [2.75, 3.05) is 13.2 Å². The van der Waals surface area contributed by atoms with Gasteiger partial charge in [0.05, 0.1) is 19.0 Å². The van der Waals surface area contributed by atoms with E-state index in [0.29, 0.717) is 19.3 Å². The Kier molecular flexibility index (Phi) is 4.70. The van der Waals surface area contributed by atoms with Crippen molar-refractivity contribution in [2.24, 2.45) is 11.8 Å². The molecule has 0 aliphatic heterocycles. The first-order valence-electron chi connectivity index (χ1n) is 6.74. The normalized spacial score (nSPS) is 34.1. The summed E-state index contributed by atoms with van der Waals surface area (Å²) in [4.78, 5) is 0. The molecule has 0 N–H and O–H groups in total. The third kappa shape index (κ3) is 3.24. The molecule has 0 saturated heterocycles. The van der Waals surface area contributed by atoms with E-state index in [1.54, 1.807) is 0 Å². The summed E-state index contributed by atoms with van der Waals surface area (Å²) < 4.78 is 10.9. The van der Waals surface area contributed by atoms with Crippen molar-refractivity contribution in [1.82, 2.24) is 0 Å². The van der Waals surface area contributed by atoms with E-state index in [1.807, 2.05) is 0 Å². The van der Waals surface area contributed by atoms with Crippen molar-refractivity contribution in [2.45, 2.75) is 51.0 Å². The highest BCUT2D eigenvalue weighted by atomic mass is 16.5. The molecule has 2 fully saturated rings. The molecule has 3 atom stereocenters. The van der Waals surface area contributed by atoms with Crippen molar-refractivity contribution in [1.29, 1.82) is 0 Å². The van der Waals surface area contributed by atoms with Gasteiger partial charge in [-0.2, -0.15) is 0 Å². The minimum Gasteiger partial charge on any atom is -0.499 e. The van der Waals surface area contributed by atoms with E-state index in [0.717, 1.165) is 11.8 Å². The second kappa shape index (κ2) is 6.29. The van der Waals surface area contributed by atoms with E-state index in [1.165, 1.54) is 51.2 Å². The first-order valence-corrected chi connectivity index (χ1v) is 6.74. The molecule has 3 unspecified atom stereocenters. The van der Waals surface area contributed by atoms with Crippen LogP contribution in [0.3, 0.4) is 0 Å². The van der Waals surface area contributed by atoms with Gasteiger partial charge in [0.25, 0.3) is 0 Å². The van der Waals surface area contributed by atoms with Crippen LogP contribution in [-0.4, -0.2) is 19.3 Å². The zero-order valence-corrected chi connectivity index (χ0v) is 10.2. The Bertz CT molecular complexity index is 215. The van der Waals surface area contributed by atoms with Crippen LogP contribution < -0.4 is 0 Å². The lowest BCUT2D eigenvalue weighted by atomic mass is 9.70. The van der Waals surface area contributed by atoms with E-state index in [-0.39, 0.29) is 0 Å². The SMILES string of the molecule is C=COCCOC1CCC2CCCCC2C1. The van der Waals surface area contributed by atoms with E-state index < -0.39 is 0 Å². The molecule has 2 heteroatoms. The Balaban J connectivity index is 1.66. The van der Waals surface area contributed by atoms with Gasteiger partial charge in [0.2, 0.25) is 0 Å². The molecule has 16 heavy (non-hydrogen) atoms. The summed E-state index contributed by atoms with van der Waals surface area (Å²) in [6.45, 7) is 4.88. The third-order valence-corrected chi connectivity index (χ3v) is 4.16. The van der Waals surface area contributed by atoms with Crippen molar-refractivity contribution in [3.63, 3.8) is 0 Å². The monoisotopic (exact) mass is 224 g/mol. The Morgan fingerprint density at radius 1 is 1.00 bits per heavy atom. The first-order chi connectivity index (χ1) is 7.90. The topological polar surface area (TPSA) is 18.5 Å². The van der Waals surface area contributed by atoms with E-state index in [9.17, 15) is 0 Å². The summed E-state index contributed by atoms with van der Waals surface area (Å²) in [6.07, 6.45) is 11.7. The van der Waals surface area contributed by atoms with Gasteiger partial charge in [-0.1, -0.05) is 32.3 Å². The van der Waals surface area contributed by atoms with Crippen molar-refractivity contribution < 1.29 is 9.47 Å². The summed E-state index contributed by atoms with van der Waals surface area (Å²) in [7, 11) is 0. The maximum Gasteiger partial charge on any atom is 0.111 e. The van der Waals surface area contributed by atoms with E-state index in [4.69, 9.17) is 9.47 Å². The summed E-state index contributed by atoms with van der Waals surface area (Å²) in [6, 6.07) is 0. The molecule has 92 valence electrons. The summed E-state index contributed by atoms with van der Waals surface area (Å²) in [5.74, 6) is 1.96. The Hall–Kier alpha value is -0.500. The Morgan fingerprint density at radius 3 is 2.62 bits per heavy atom. The van der Waals surface area contributed by atoms with Crippen LogP contribution in [0.5, 0.6) is 0 Å². The van der Waals surface area contributed by atoms with Crippen LogP contribution in [0.1, 0.15) is 44.9 Å². The smallest absolute Gasteiger partial charge is 0.111 e. The van der Waals surface area contributed by atoms with Gasteiger partial charge in [-0.25, -0.2) is 0 Å². The van der Waals surface area contributed by atoms with Gasteiger partial charge >= 0.3 is 0 Å². The number of fused-ring (bicyclic) bond motifs is 1. The molecule has 0 heterocycles. The summed E-state index contributed by atoms with van der Waals surface area (Å²) in [5.41, 5.74) is 0. The lowest BCUT2D eigenvalue weighted by Gasteiger charge is -2.39. The summed E-state index contributed by atoms with van der Waals surface area (Å²) in [5, 5.41) is 0. The highest BCUT2D eigenvalue weighted by Gasteiger charge is 2.32. The maximum atomic E-state index is 5.86. The lowest BCUT2D eigenvalue weighted by molar-refractivity contribution is -0.0265. The largest absolute Gasteiger partial charge is 0.499 e. The first kappa shape index (κ1) is 12.0. The second-order valence-electron chi connectivity index (χ2n) is 5.15. The van der Waals surface area contributed by atoms with Crippen LogP contribution in [0, 0.1) is 11.8 Å². The van der Waals surface area contributed by atoms with Crippen LogP contribution >= 0.6 is 0 Å². The fraction of sp³-hybridized carbons (Fsp3) is 0.857. The van der Waals surface area contributed by atoms with Gasteiger partial charge in [-0.3, -0.25) is 0 Å². The molecule has 0 radical (unpaired) electrons. The van der Waals surface area contributed by atoms with Crippen LogP contribution in [0.2, 0.25) is 0 Å². The molecule has 0 aromatic carbocycles. The Labute approximate surface area is 99.0 Å². The molecule has 2 rings (SSSR count). The van der Waals surface area contributed by atoms with Gasteiger partial charge in [-0.15, -0.1) is 0 Å². The minimum atomic E-state index is 0.493. The number of hydrogen-bond donors (Lipinski definition) is 0. The van der Waals surface area contributed by atoms with Gasteiger partial charge in [0.1, 0.15) is 6.61 Å².